The lowest BCUT2D eigenvalue weighted by Gasteiger charge is -2.31. The predicted octanol–water partition coefficient (Wildman–Crippen LogP) is 5.77. The molecule has 0 bridgehead atoms. The van der Waals surface area contributed by atoms with Crippen LogP contribution in [0, 0.1) is 0 Å². The van der Waals surface area contributed by atoms with E-state index >= 15 is 0 Å². The second-order valence-corrected chi connectivity index (χ2v) is 9.17. The Morgan fingerprint density at radius 3 is 2.60 bits per heavy atom. The molecule has 0 saturated carbocycles. The molecule has 2 aromatic heterocycles. The lowest BCUT2D eigenvalue weighted by molar-refractivity contribution is -0.145. The molecule has 30 heavy (non-hydrogen) atoms. The van der Waals surface area contributed by atoms with Gasteiger partial charge in [-0.25, -0.2) is 4.98 Å². The smallest absolute Gasteiger partial charge is 0.338 e. The Hall–Kier alpha value is -2.13. The number of likely N-dealkylation sites (tertiary alicyclic amines) is 1. The second kappa shape index (κ2) is 7.85. The summed E-state index contributed by atoms with van der Waals surface area (Å²) in [4.78, 5) is 19.0. The van der Waals surface area contributed by atoms with E-state index in [9.17, 15) is 18.0 Å². The van der Waals surface area contributed by atoms with Gasteiger partial charge >= 0.3 is 6.18 Å². The Morgan fingerprint density at radius 2 is 1.97 bits per heavy atom. The van der Waals surface area contributed by atoms with Gasteiger partial charge in [-0.3, -0.25) is 9.48 Å². The number of thiazole rings is 1. The fourth-order valence-electron chi connectivity index (χ4n) is 3.79. The third-order valence-corrected chi connectivity index (χ3v) is 6.72. The normalized spacial score (nSPS) is 16.0. The summed E-state index contributed by atoms with van der Waals surface area (Å²) in [6.07, 6.45) is -2.31. The van der Waals surface area contributed by atoms with Crippen molar-refractivity contribution in [3.05, 3.63) is 45.7 Å². The molecule has 1 amide bonds. The highest BCUT2D eigenvalue weighted by Gasteiger charge is 2.42. The summed E-state index contributed by atoms with van der Waals surface area (Å²) in [6, 6.07) is 5.08. The summed E-state index contributed by atoms with van der Waals surface area (Å²) in [5.41, 5.74) is -0.520. The molecule has 0 aliphatic carbocycles. The predicted molar refractivity (Wildman–Crippen MR) is 110 cm³/mol. The number of hydrogen-bond donors (Lipinski definition) is 0. The summed E-state index contributed by atoms with van der Waals surface area (Å²) in [5, 5.41) is 5.42. The number of halogens is 4. The molecule has 0 unspecified atom stereocenters. The van der Waals surface area contributed by atoms with Crippen LogP contribution in [0.5, 0.6) is 0 Å². The Kier molecular flexibility index (Phi) is 5.52. The van der Waals surface area contributed by atoms with Crippen LogP contribution in [0.1, 0.15) is 59.7 Å². The van der Waals surface area contributed by atoms with Crippen molar-refractivity contribution in [3.8, 4) is 0 Å². The van der Waals surface area contributed by atoms with Crippen LogP contribution < -0.4 is 0 Å². The first-order valence-corrected chi connectivity index (χ1v) is 10.8. The van der Waals surface area contributed by atoms with Gasteiger partial charge in [-0.2, -0.15) is 18.3 Å². The van der Waals surface area contributed by atoms with Crippen molar-refractivity contribution in [2.24, 2.45) is 0 Å². The van der Waals surface area contributed by atoms with Crippen molar-refractivity contribution in [2.45, 2.75) is 44.8 Å². The fraction of sp³-hybridized carbons (Fsp3) is 0.450. The highest BCUT2D eigenvalue weighted by Crippen LogP contribution is 2.37. The molecule has 4 rings (SSSR count). The second-order valence-electron chi connectivity index (χ2n) is 7.67. The maximum absolute atomic E-state index is 13.6. The Bertz CT molecular complexity index is 1080. The minimum atomic E-state index is -4.65. The molecule has 1 fully saturated rings. The van der Waals surface area contributed by atoms with Crippen LogP contribution >= 0.6 is 22.9 Å². The van der Waals surface area contributed by atoms with Crippen LogP contribution in [0.3, 0.4) is 0 Å². The zero-order chi connectivity index (χ0) is 21.6. The summed E-state index contributed by atoms with van der Waals surface area (Å²) >= 11 is 7.62. The van der Waals surface area contributed by atoms with Crippen LogP contribution in [0.25, 0.3) is 10.2 Å². The molecule has 0 atom stereocenters. The number of benzene rings is 1. The molecule has 5 nitrogen and oxygen atoms in total. The van der Waals surface area contributed by atoms with Crippen molar-refractivity contribution in [1.29, 1.82) is 0 Å². The van der Waals surface area contributed by atoms with Gasteiger partial charge in [-0.15, -0.1) is 11.3 Å². The quantitative estimate of drug-likeness (QED) is 0.503. The maximum Gasteiger partial charge on any atom is 0.433 e. The summed E-state index contributed by atoms with van der Waals surface area (Å²) in [5.74, 6) is -0.450. The van der Waals surface area contributed by atoms with Crippen LogP contribution in [0.4, 0.5) is 13.2 Å². The molecular formula is C20H20ClF3N4OS. The Balaban J connectivity index is 1.51. The van der Waals surface area contributed by atoms with Gasteiger partial charge in [0, 0.05) is 30.1 Å². The zero-order valence-electron chi connectivity index (χ0n) is 16.4. The van der Waals surface area contributed by atoms with Crippen LogP contribution in [-0.2, 0) is 6.18 Å². The topological polar surface area (TPSA) is 51.0 Å². The summed E-state index contributed by atoms with van der Waals surface area (Å²) in [6.45, 7) is 3.97. The minimum Gasteiger partial charge on any atom is -0.338 e. The van der Waals surface area contributed by atoms with Gasteiger partial charge < -0.3 is 4.90 Å². The number of rotatable bonds is 3. The van der Waals surface area contributed by atoms with Crippen molar-refractivity contribution in [2.75, 3.05) is 13.1 Å². The van der Waals surface area contributed by atoms with Crippen molar-refractivity contribution >= 4 is 39.1 Å². The highest BCUT2D eigenvalue weighted by atomic mass is 35.5. The average Bonchev–Trinajstić information content (AvgIpc) is 3.31. The SMILES string of the molecule is CC(C)n1ncc(C(=O)N2CCC(c3nc4cc(Cl)ccc4s3)CC2)c1C(F)(F)F. The van der Waals surface area contributed by atoms with Crippen molar-refractivity contribution in [1.82, 2.24) is 19.7 Å². The van der Waals surface area contributed by atoms with E-state index in [1.165, 1.54) is 4.90 Å². The van der Waals surface area contributed by atoms with Gasteiger partial charge in [0.1, 0.15) is 0 Å². The first kappa shape index (κ1) is 21.1. The van der Waals surface area contributed by atoms with E-state index in [1.54, 1.807) is 25.2 Å². The molecule has 1 aliphatic heterocycles. The molecule has 3 aromatic rings. The van der Waals surface area contributed by atoms with Crippen LogP contribution in [0.2, 0.25) is 5.02 Å². The number of amides is 1. The van der Waals surface area contributed by atoms with E-state index < -0.39 is 23.8 Å². The summed E-state index contributed by atoms with van der Waals surface area (Å²) < 4.78 is 42.7. The lowest BCUT2D eigenvalue weighted by atomic mass is 9.97. The van der Waals surface area contributed by atoms with Gasteiger partial charge in [0.2, 0.25) is 0 Å². The van der Waals surface area contributed by atoms with Crippen LogP contribution in [-0.4, -0.2) is 38.7 Å². The Labute approximate surface area is 180 Å². The third-order valence-electron chi connectivity index (χ3n) is 5.28. The van der Waals surface area contributed by atoms with E-state index in [2.05, 4.69) is 10.1 Å². The molecule has 1 aromatic carbocycles. The fourth-order valence-corrected chi connectivity index (χ4v) is 5.07. The van der Waals surface area contributed by atoms with Gasteiger partial charge in [-0.1, -0.05) is 11.6 Å². The van der Waals surface area contributed by atoms with Gasteiger partial charge in [0.15, 0.2) is 5.69 Å². The molecule has 10 heteroatoms. The molecule has 1 aliphatic rings. The zero-order valence-corrected chi connectivity index (χ0v) is 18.0. The number of piperidine rings is 1. The monoisotopic (exact) mass is 456 g/mol. The largest absolute Gasteiger partial charge is 0.433 e. The number of carbonyl (C=O) groups excluding carboxylic acids is 1. The molecule has 160 valence electrons. The first-order valence-electron chi connectivity index (χ1n) is 9.65. The number of nitrogens with zero attached hydrogens (tertiary/aromatic N) is 4. The van der Waals surface area contributed by atoms with Crippen molar-refractivity contribution < 1.29 is 18.0 Å². The molecule has 0 radical (unpaired) electrons. The average molecular weight is 457 g/mol. The van der Waals surface area contributed by atoms with E-state index in [4.69, 9.17) is 11.6 Å². The van der Waals surface area contributed by atoms with E-state index in [0.29, 0.717) is 31.0 Å². The first-order chi connectivity index (χ1) is 14.1. The number of hydrogen-bond acceptors (Lipinski definition) is 4. The van der Waals surface area contributed by atoms with Gasteiger partial charge in [0.25, 0.3) is 5.91 Å². The van der Waals surface area contributed by atoms with E-state index in [0.717, 1.165) is 26.1 Å². The van der Waals surface area contributed by atoms with Gasteiger partial charge in [0.05, 0.1) is 27.0 Å². The van der Waals surface area contributed by atoms with Crippen molar-refractivity contribution in [3.63, 3.8) is 0 Å². The van der Waals surface area contributed by atoms with Crippen LogP contribution in [0.15, 0.2) is 24.4 Å². The van der Waals surface area contributed by atoms with E-state index in [-0.39, 0.29) is 11.5 Å². The van der Waals surface area contributed by atoms with E-state index in [1.807, 2.05) is 18.2 Å². The van der Waals surface area contributed by atoms with Gasteiger partial charge in [-0.05, 0) is 44.9 Å². The lowest BCUT2D eigenvalue weighted by Crippen LogP contribution is -2.38. The number of aromatic nitrogens is 3. The molecule has 1 saturated heterocycles. The number of fused-ring (bicyclic) bond motifs is 1. The Morgan fingerprint density at radius 1 is 1.27 bits per heavy atom. The molecule has 0 N–H and O–H groups in total. The standard InChI is InChI=1S/C20H20ClF3N4OS/c1-11(2)28-17(20(22,23)24)14(10-25-28)19(29)27-7-5-12(6-8-27)18-26-15-9-13(21)3-4-16(15)30-18/h3-4,9-12H,5-8H2,1-2H3. The number of alkyl halides is 3. The summed E-state index contributed by atoms with van der Waals surface area (Å²) in [7, 11) is 0. The third kappa shape index (κ3) is 3.92. The molecule has 3 heterocycles. The minimum absolute atomic E-state index is 0.172. The number of carbonyl (C=O) groups is 1. The highest BCUT2D eigenvalue weighted by molar-refractivity contribution is 7.18. The molecular weight excluding hydrogens is 437 g/mol. The molecule has 0 spiro atoms. The maximum atomic E-state index is 13.6.